The second-order valence-corrected chi connectivity index (χ2v) is 8.37. The summed E-state index contributed by atoms with van der Waals surface area (Å²) in [5, 5.41) is 4.27. The van der Waals surface area contributed by atoms with Crippen molar-refractivity contribution in [2.75, 3.05) is 10.2 Å². The fourth-order valence-electron chi connectivity index (χ4n) is 3.59. The molecule has 0 unspecified atom stereocenters. The van der Waals surface area contributed by atoms with Crippen molar-refractivity contribution in [1.82, 2.24) is 0 Å². The van der Waals surface area contributed by atoms with E-state index in [0.717, 1.165) is 16.8 Å². The highest BCUT2D eigenvalue weighted by molar-refractivity contribution is 6.46. The lowest BCUT2D eigenvalue weighted by atomic mass is 10.0. The molecule has 0 aliphatic carbocycles. The molecule has 2 amide bonds. The van der Waals surface area contributed by atoms with Crippen molar-refractivity contribution >= 4 is 52.0 Å². The Morgan fingerprint density at radius 2 is 1.55 bits per heavy atom. The molecule has 0 fully saturated rings. The molecule has 3 aromatic carbocycles. The largest absolute Gasteiger partial charge is 0.350 e. The SMILES string of the molecule is Cc1ccc(C)c(NC2=C(c3ccc(Cl)cc3)C(=O)N(c3cccc(Cl)c3C)C2=O)c1. The highest BCUT2D eigenvalue weighted by atomic mass is 35.5. The number of amides is 2. The van der Waals surface area contributed by atoms with Crippen LogP contribution in [-0.2, 0) is 9.59 Å². The van der Waals surface area contributed by atoms with Gasteiger partial charge in [0, 0.05) is 15.7 Å². The molecule has 0 radical (unpaired) electrons. The van der Waals surface area contributed by atoms with Crippen LogP contribution in [0.5, 0.6) is 0 Å². The van der Waals surface area contributed by atoms with Crippen molar-refractivity contribution in [1.29, 1.82) is 0 Å². The monoisotopic (exact) mass is 450 g/mol. The fourth-order valence-corrected chi connectivity index (χ4v) is 3.89. The summed E-state index contributed by atoms with van der Waals surface area (Å²) < 4.78 is 0. The Kier molecular flexibility index (Phi) is 5.61. The van der Waals surface area contributed by atoms with Crippen molar-refractivity contribution in [3.05, 3.63) is 98.7 Å². The van der Waals surface area contributed by atoms with Crippen LogP contribution in [0.4, 0.5) is 11.4 Å². The van der Waals surface area contributed by atoms with E-state index in [1.54, 1.807) is 49.4 Å². The number of hydrogen-bond acceptors (Lipinski definition) is 3. The van der Waals surface area contributed by atoms with E-state index < -0.39 is 11.8 Å². The lowest BCUT2D eigenvalue weighted by Gasteiger charge is -2.18. The number of nitrogens with zero attached hydrogens (tertiary/aromatic N) is 1. The summed E-state index contributed by atoms with van der Waals surface area (Å²) in [6, 6.07) is 18.0. The summed E-state index contributed by atoms with van der Waals surface area (Å²) in [4.78, 5) is 28.3. The maximum Gasteiger partial charge on any atom is 0.282 e. The molecular formula is C25H20Cl2N2O2. The van der Waals surface area contributed by atoms with Crippen LogP contribution in [0.25, 0.3) is 5.57 Å². The van der Waals surface area contributed by atoms with Crippen LogP contribution in [0.3, 0.4) is 0 Å². The minimum atomic E-state index is -0.429. The molecule has 1 aliphatic heterocycles. The van der Waals surface area contributed by atoms with E-state index in [2.05, 4.69) is 5.32 Å². The van der Waals surface area contributed by atoms with Gasteiger partial charge < -0.3 is 5.32 Å². The molecule has 0 atom stereocenters. The summed E-state index contributed by atoms with van der Waals surface area (Å²) in [5.41, 5.74) is 5.03. The van der Waals surface area contributed by atoms with Crippen molar-refractivity contribution in [3.63, 3.8) is 0 Å². The number of carbonyl (C=O) groups is 2. The zero-order valence-corrected chi connectivity index (χ0v) is 18.8. The molecule has 3 aromatic rings. The van der Waals surface area contributed by atoms with E-state index in [-0.39, 0.29) is 5.70 Å². The van der Waals surface area contributed by atoms with Crippen LogP contribution >= 0.6 is 23.2 Å². The summed E-state index contributed by atoms with van der Waals surface area (Å²) in [7, 11) is 0. The van der Waals surface area contributed by atoms with Crippen LogP contribution in [0.2, 0.25) is 10.0 Å². The van der Waals surface area contributed by atoms with Crippen LogP contribution < -0.4 is 10.2 Å². The van der Waals surface area contributed by atoms with Gasteiger partial charge in [-0.05, 0) is 73.4 Å². The number of rotatable bonds is 4. The summed E-state index contributed by atoms with van der Waals surface area (Å²) in [6.07, 6.45) is 0. The predicted molar refractivity (Wildman–Crippen MR) is 127 cm³/mol. The fraction of sp³-hybridized carbons (Fsp3) is 0.120. The third kappa shape index (κ3) is 3.85. The molecule has 0 bridgehead atoms. The van der Waals surface area contributed by atoms with E-state index in [1.165, 1.54) is 4.90 Å². The molecule has 1 aliphatic rings. The molecule has 0 spiro atoms. The summed E-state index contributed by atoms with van der Waals surface area (Å²) in [6.45, 7) is 5.71. The second kappa shape index (κ2) is 8.22. The minimum absolute atomic E-state index is 0.223. The molecule has 0 saturated heterocycles. The van der Waals surface area contributed by atoms with Crippen molar-refractivity contribution in [2.45, 2.75) is 20.8 Å². The van der Waals surface area contributed by atoms with Gasteiger partial charge in [0.1, 0.15) is 5.70 Å². The van der Waals surface area contributed by atoms with Gasteiger partial charge in [0.05, 0.1) is 11.3 Å². The molecule has 31 heavy (non-hydrogen) atoms. The number of halogens is 2. The lowest BCUT2D eigenvalue weighted by Crippen LogP contribution is -2.33. The number of carbonyl (C=O) groups excluding carboxylic acids is 2. The Balaban J connectivity index is 1.88. The maximum atomic E-state index is 13.5. The Labute approximate surface area is 191 Å². The third-order valence-corrected chi connectivity index (χ3v) is 6.01. The number of aryl methyl sites for hydroxylation is 2. The number of imide groups is 1. The molecule has 1 heterocycles. The first-order chi connectivity index (χ1) is 14.8. The molecule has 0 aromatic heterocycles. The van der Waals surface area contributed by atoms with Gasteiger partial charge >= 0.3 is 0 Å². The molecule has 0 saturated carbocycles. The van der Waals surface area contributed by atoms with Gasteiger partial charge in [-0.1, -0.05) is 53.5 Å². The molecular weight excluding hydrogens is 431 g/mol. The number of benzene rings is 3. The zero-order chi connectivity index (χ0) is 22.3. The van der Waals surface area contributed by atoms with Gasteiger partial charge in [0.2, 0.25) is 0 Å². The van der Waals surface area contributed by atoms with Gasteiger partial charge in [0.15, 0.2) is 0 Å². The Morgan fingerprint density at radius 3 is 2.26 bits per heavy atom. The quantitative estimate of drug-likeness (QED) is 0.473. The van der Waals surface area contributed by atoms with Crippen LogP contribution in [0.15, 0.2) is 66.4 Å². The van der Waals surface area contributed by atoms with E-state index in [4.69, 9.17) is 23.2 Å². The van der Waals surface area contributed by atoms with Gasteiger partial charge in [0.25, 0.3) is 11.8 Å². The van der Waals surface area contributed by atoms with Gasteiger partial charge in [-0.3, -0.25) is 9.59 Å². The van der Waals surface area contributed by atoms with Crippen molar-refractivity contribution < 1.29 is 9.59 Å². The van der Waals surface area contributed by atoms with Crippen LogP contribution in [0, 0.1) is 20.8 Å². The molecule has 156 valence electrons. The summed E-state index contributed by atoms with van der Waals surface area (Å²) in [5.74, 6) is -0.841. The highest BCUT2D eigenvalue weighted by Crippen LogP contribution is 2.37. The minimum Gasteiger partial charge on any atom is -0.350 e. The van der Waals surface area contributed by atoms with Crippen molar-refractivity contribution in [2.24, 2.45) is 0 Å². The van der Waals surface area contributed by atoms with Gasteiger partial charge in [-0.15, -0.1) is 0 Å². The lowest BCUT2D eigenvalue weighted by molar-refractivity contribution is -0.120. The van der Waals surface area contributed by atoms with E-state index in [9.17, 15) is 9.59 Å². The van der Waals surface area contributed by atoms with E-state index >= 15 is 0 Å². The first-order valence-electron chi connectivity index (χ1n) is 9.76. The van der Waals surface area contributed by atoms with E-state index in [0.29, 0.717) is 32.4 Å². The first kappa shape index (κ1) is 21.2. The first-order valence-corrected chi connectivity index (χ1v) is 10.5. The Morgan fingerprint density at radius 1 is 0.839 bits per heavy atom. The average molecular weight is 451 g/mol. The number of nitrogens with one attached hydrogen (secondary N) is 1. The Bertz CT molecular complexity index is 1250. The van der Waals surface area contributed by atoms with Gasteiger partial charge in [-0.2, -0.15) is 0 Å². The topological polar surface area (TPSA) is 49.4 Å². The normalized spacial score (nSPS) is 13.9. The highest BCUT2D eigenvalue weighted by Gasteiger charge is 2.41. The predicted octanol–water partition coefficient (Wildman–Crippen LogP) is 6.32. The smallest absolute Gasteiger partial charge is 0.282 e. The number of anilines is 2. The molecule has 6 heteroatoms. The maximum absolute atomic E-state index is 13.5. The molecule has 4 nitrogen and oxygen atoms in total. The summed E-state index contributed by atoms with van der Waals surface area (Å²) >= 11 is 12.3. The van der Waals surface area contributed by atoms with Crippen LogP contribution in [-0.4, -0.2) is 11.8 Å². The van der Waals surface area contributed by atoms with Gasteiger partial charge in [-0.25, -0.2) is 4.90 Å². The van der Waals surface area contributed by atoms with Crippen LogP contribution in [0.1, 0.15) is 22.3 Å². The third-order valence-electron chi connectivity index (χ3n) is 5.35. The zero-order valence-electron chi connectivity index (χ0n) is 17.3. The number of hydrogen-bond donors (Lipinski definition) is 1. The molecule has 1 N–H and O–H groups in total. The Hall–Kier alpha value is -3.08. The molecule has 4 rings (SSSR count). The average Bonchev–Trinajstić information content (AvgIpc) is 2.97. The standard InChI is InChI=1S/C25H20Cl2N2O2/c1-14-7-8-15(2)20(13-14)28-23-22(17-9-11-18(26)12-10-17)24(30)29(25(23)31)21-6-4-5-19(27)16(21)3/h4-13,28H,1-3H3. The van der Waals surface area contributed by atoms with E-state index in [1.807, 2.05) is 32.0 Å². The second-order valence-electron chi connectivity index (χ2n) is 7.53. The van der Waals surface area contributed by atoms with Crippen molar-refractivity contribution in [3.8, 4) is 0 Å².